The molecule has 2 fully saturated rings. The van der Waals surface area contributed by atoms with E-state index in [1.165, 1.54) is 32.1 Å². The molecule has 1 atom stereocenters. The Morgan fingerprint density at radius 3 is 2.09 bits per heavy atom. The molecule has 0 spiro atoms. The second kappa shape index (κ2) is 15.9. The number of rotatable bonds is 13. The van der Waals surface area contributed by atoms with Crippen LogP contribution in [-0.4, -0.2) is 41.7 Å². The van der Waals surface area contributed by atoms with E-state index in [0.29, 0.717) is 42.9 Å². The van der Waals surface area contributed by atoms with Crippen LogP contribution in [0.3, 0.4) is 0 Å². The Hall–Kier alpha value is -4.43. The summed E-state index contributed by atoms with van der Waals surface area (Å²) in [4.78, 5) is 26.7. The SMILES string of the molecule is Cc1ccc(N2CCC(OC3CCCCC3)CC2)nc1C(C)N(C=O)c1ccc(OCc2ccccc2)nc1OCc1ccccc1. The molecule has 2 aliphatic rings. The molecule has 0 N–H and O–H groups in total. The highest BCUT2D eigenvalue weighted by Crippen LogP contribution is 2.36. The van der Waals surface area contributed by atoms with Crippen LogP contribution >= 0.6 is 0 Å². The lowest BCUT2D eigenvalue weighted by atomic mass is 9.97. The lowest BCUT2D eigenvalue weighted by molar-refractivity contribution is -0.107. The van der Waals surface area contributed by atoms with E-state index in [1.807, 2.05) is 80.6 Å². The number of ether oxygens (including phenoxy) is 3. The Kier molecular flexibility index (Phi) is 11.0. The Balaban J connectivity index is 1.19. The number of carbonyl (C=O) groups is 1. The van der Waals surface area contributed by atoms with Gasteiger partial charge in [-0.1, -0.05) is 86.0 Å². The van der Waals surface area contributed by atoms with Gasteiger partial charge in [-0.05, 0) is 68.4 Å². The number of hydrogen-bond acceptors (Lipinski definition) is 7. The quantitative estimate of drug-likeness (QED) is 0.138. The standard InChI is InChI=1S/C39H46N4O4/c1-29-18-20-36(42-24-22-34(23-25-42)47-33-16-10-5-11-17-33)40-38(29)30(2)43(28-44)35-19-21-37(45-26-31-12-6-3-7-13-31)41-39(35)46-27-32-14-8-4-9-15-32/h3-4,6-9,12-15,18-21,28,30,33-34H,5,10-11,16-17,22-27H2,1-2H3. The number of aromatic nitrogens is 2. The molecule has 8 heteroatoms. The van der Waals surface area contributed by atoms with Crippen LogP contribution in [0.25, 0.3) is 0 Å². The van der Waals surface area contributed by atoms with Crippen molar-refractivity contribution in [2.45, 2.75) is 90.3 Å². The molecule has 1 amide bonds. The molecule has 4 aromatic rings. The number of benzene rings is 2. The molecule has 8 nitrogen and oxygen atoms in total. The maximum Gasteiger partial charge on any atom is 0.241 e. The van der Waals surface area contributed by atoms with Crippen molar-refractivity contribution >= 4 is 17.9 Å². The first-order chi connectivity index (χ1) is 23.1. The molecule has 6 rings (SSSR count). The third-order valence-electron chi connectivity index (χ3n) is 9.29. The van der Waals surface area contributed by atoms with Crippen LogP contribution in [-0.2, 0) is 22.7 Å². The fourth-order valence-corrected chi connectivity index (χ4v) is 6.57. The van der Waals surface area contributed by atoms with Crippen molar-refractivity contribution in [2.75, 3.05) is 22.9 Å². The van der Waals surface area contributed by atoms with Crippen LogP contribution in [0.5, 0.6) is 11.8 Å². The van der Waals surface area contributed by atoms with E-state index in [0.717, 1.165) is 60.5 Å². The number of aryl methyl sites for hydroxylation is 1. The highest BCUT2D eigenvalue weighted by atomic mass is 16.5. The Morgan fingerprint density at radius 2 is 1.43 bits per heavy atom. The van der Waals surface area contributed by atoms with Gasteiger partial charge in [0.2, 0.25) is 18.2 Å². The summed E-state index contributed by atoms with van der Waals surface area (Å²) in [5.74, 6) is 1.68. The summed E-state index contributed by atoms with van der Waals surface area (Å²) in [6.45, 7) is 6.53. The second-order valence-corrected chi connectivity index (χ2v) is 12.7. The second-order valence-electron chi connectivity index (χ2n) is 12.7. The number of piperidine rings is 1. The molecule has 1 aliphatic heterocycles. The number of pyridine rings is 2. The van der Waals surface area contributed by atoms with Gasteiger partial charge in [-0.15, -0.1) is 0 Å². The van der Waals surface area contributed by atoms with E-state index in [-0.39, 0.29) is 6.04 Å². The van der Waals surface area contributed by atoms with Gasteiger partial charge in [0.25, 0.3) is 0 Å². The molecular weight excluding hydrogens is 588 g/mol. The lowest BCUT2D eigenvalue weighted by Crippen LogP contribution is -2.39. The molecule has 246 valence electrons. The van der Waals surface area contributed by atoms with Gasteiger partial charge >= 0.3 is 0 Å². The zero-order chi connectivity index (χ0) is 32.4. The van der Waals surface area contributed by atoms with Crippen molar-refractivity contribution in [3.63, 3.8) is 0 Å². The van der Waals surface area contributed by atoms with Crippen LogP contribution in [0.2, 0.25) is 0 Å². The van der Waals surface area contributed by atoms with Gasteiger partial charge in [-0.3, -0.25) is 4.79 Å². The Morgan fingerprint density at radius 1 is 0.787 bits per heavy atom. The zero-order valence-corrected chi connectivity index (χ0v) is 27.6. The minimum Gasteiger partial charge on any atom is -0.473 e. The summed E-state index contributed by atoms with van der Waals surface area (Å²) < 4.78 is 18.8. The number of hydrogen-bond donors (Lipinski definition) is 0. The highest BCUT2D eigenvalue weighted by Gasteiger charge is 2.27. The van der Waals surface area contributed by atoms with Gasteiger partial charge in [-0.25, -0.2) is 4.98 Å². The molecule has 1 unspecified atom stereocenters. The summed E-state index contributed by atoms with van der Waals surface area (Å²) >= 11 is 0. The molecule has 47 heavy (non-hydrogen) atoms. The number of anilines is 2. The normalized spacial score (nSPS) is 16.4. The summed E-state index contributed by atoms with van der Waals surface area (Å²) in [6, 6.07) is 27.3. The van der Waals surface area contributed by atoms with Gasteiger partial charge in [0.05, 0.1) is 23.9 Å². The molecule has 2 aromatic heterocycles. The fourth-order valence-electron chi connectivity index (χ4n) is 6.57. The minimum absolute atomic E-state index is 0.303. The molecule has 1 aliphatic carbocycles. The first kappa shape index (κ1) is 32.5. The third-order valence-corrected chi connectivity index (χ3v) is 9.29. The van der Waals surface area contributed by atoms with Gasteiger partial charge in [0.1, 0.15) is 24.7 Å². The molecule has 0 radical (unpaired) electrons. The van der Waals surface area contributed by atoms with Gasteiger partial charge in [-0.2, -0.15) is 4.98 Å². The summed E-state index contributed by atoms with van der Waals surface area (Å²) in [7, 11) is 0. The van der Waals surface area contributed by atoms with Crippen molar-refractivity contribution in [1.82, 2.24) is 9.97 Å². The Labute approximate surface area is 278 Å². The smallest absolute Gasteiger partial charge is 0.241 e. The predicted molar refractivity (Wildman–Crippen MR) is 185 cm³/mol. The third kappa shape index (κ3) is 8.49. The summed E-state index contributed by atoms with van der Waals surface area (Å²) in [6.07, 6.45) is 9.92. The van der Waals surface area contributed by atoms with Crippen molar-refractivity contribution in [1.29, 1.82) is 0 Å². The van der Waals surface area contributed by atoms with Gasteiger partial charge in [0.15, 0.2) is 0 Å². The highest BCUT2D eigenvalue weighted by molar-refractivity contribution is 5.79. The van der Waals surface area contributed by atoms with E-state index in [4.69, 9.17) is 24.2 Å². The zero-order valence-electron chi connectivity index (χ0n) is 27.6. The molecule has 1 saturated carbocycles. The van der Waals surface area contributed by atoms with Crippen LogP contribution < -0.4 is 19.3 Å². The largest absolute Gasteiger partial charge is 0.473 e. The average molecular weight is 635 g/mol. The van der Waals surface area contributed by atoms with Crippen molar-refractivity contribution in [2.24, 2.45) is 0 Å². The minimum atomic E-state index is -0.364. The fraction of sp³-hybridized carbons (Fsp3) is 0.410. The van der Waals surface area contributed by atoms with E-state index < -0.39 is 0 Å². The van der Waals surface area contributed by atoms with E-state index in [9.17, 15) is 4.79 Å². The van der Waals surface area contributed by atoms with Crippen molar-refractivity contribution in [3.8, 4) is 11.8 Å². The van der Waals surface area contributed by atoms with Crippen molar-refractivity contribution in [3.05, 3.63) is 107 Å². The molecule has 3 heterocycles. The average Bonchev–Trinajstić information content (AvgIpc) is 3.12. The lowest BCUT2D eigenvalue weighted by Gasteiger charge is -2.36. The van der Waals surface area contributed by atoms with Gasteiger partial charge < -0.3 is 24.0 Å². The van der Waals surface area contributed by atoms with E-state index in [1.54, 1.807) is 11.0 Å². The summed E-state index contributed by atoms with van der Waals surface area (Å²) in [5, 5.41) is 0. The summed E-state index contributed by atoms with van der Waals surface area (Å²) in [5.41, 5.74) is 4.46. The Bertz CT molecular complexity index is 1570. The predicted octanol–water partition coefficient (Wildman–Crippen LogP) is 7.99. The number of nitrogens with zero attached hydrogens (tertiary/aromatic N) is 4. The molecule has 2 aromatic carbocycles. The topological polar surface area (TPSA) is 77.0 Å². The van der Waals surface area contributed by atoms with E-state index in [2.05, 4.69) is 17.0 Å². The number of carbonyl (C=O) groups excluding carboxylic acids is 1. The molecule has 0 bridgehead atoms. The molecular formula is C39H46N4O4. The van der Waals surface area contributed by atoms with Gasteiger partial charge in [0, 0.05) is 19.2 Å². The first-order valence-electron chi connectivity index (χ1n) is 17.0. The monoisotopic (exact) mass is 634 g/mol. The first-order valence-corrected chi connectivity index (χ1v) is 17.0. The van der Waals surface area contributed by atoms with Crippen LogP contribution in [0.1, 0.15) is 80.3 Å². The van der Waals surface area contributed by atoms with E-state index >= 15 is 0 Å². The van der Waals surface area contributed by atoms with Crippen LogP contribution in [0.15, 0.2) is 84.9 Å². The number of amides is 1. The van der Waals surface area contributed by atoms with Crippen molar-refractivity contribution < 1.29 is 19.0 Å². The van der Waals surface area contributed by atoms with Crippen LogP contribution in [0, 0.1) is 6.92 Å². The maximum atomic E-state index is 12.8. The maximum absolute atomic E-state index is 12.8. The van der Waals surface area contributed by atoms with Crippen LogP contribution in [0.4, 0.5) is 11.5 Å². The molecule has 1 saturated heterocycles.